The van der Waals surface area contributed by atoms with Crippen LogP contribution in [0.4, 0.5) is 4.79 Å². The number of benzene rings is 1. The quantitative estimate of drug-likeness (QED) is 0.839. The number of rotatable bonds is 2. The van der Waals surface area contributed by atoms with Crippen molar-refractivity contribution in [3.8, 4) is 5.75 Å². The van der Waals surface area contributed by atoms with E-state index in [4.69, 9.17) is 9.47 Å². The second-order valence-corrected chi connectivity index (χ2v) is 6.16. The van der Waals surface area contributed by atoms with Gasteiger partial charge in [0.15, 0.2) is 0 Å². The molecule has 0 spiro atoms. The molecule has 0 bridgehead atoms. The second kappa shape index (κ2) is 5.58. The van der Waals surface area contributed by atoms with Crippen LogP contribution in [0.1, 0.15) is 32.3 Å². The fraction of sp³-hybridized carbons (Fsp3) is 0.588. The van der Waals surface area contributed by atoms with Gasteiger partial charge in [-0.05, 0) is 38.3 Å². The molecule has 0 N–H and O–H groups in total. The summed E-state index contributed by atoms with van der Waals surface area (Å²) in [5.41, 5.74) is 1.16. The first-order chi connectivity index (χ1) is 10.1. The molecule has 2 aliphatic heterocycles. The number of hydrogen-bond acceptors (Lipinski definition) is 3. The van der Waals surface area contributed by atoms with Crippen molar-refractivity contribution in [2.24, 2.45) is 5.92 Å². The molecule has 21 heavy (non-hydrogen) atoms. The normalized spacial score (nSPS) is 25.3. The van der Waals surface area contributed by atoms with Crippen molar-refractivity contribution in [1.29, 1.82) is 0 Å². The van der Waals surface area contributed by atoms with Gasteiger partial charge in [-0.15, -0.1) is 0 Å². The lowest BCUT2D eigenvalue weighted by Crippen LogP contribution is -2.47. The van der Waals surface area contributed by atoms with Crippen molar-refractivity contribution in [1.82, 2.24) is 4.90 Å². The number of carbonyl (C=O) groups is 1. The van der Waals surface area contributed by atoms with Crippen LogP contribution in [-0.4, -0.2) is 36.3 Å². The minimum atomic E-state index is -0.184. The molecule has 0 radical (unpaired) electrons. The lowest BCUT2D eigenvalue weighted by molar-refractivity contribution is 0.00968. The zero-order valence-electron chi connectivity index (χ0n) is 12.8. The van der Waals surface area contributed by atoms with Crippen molar-refractivity contribution >= 4 is 6.09 Å². The summed E-state index contributed by atoms with van der Waals surface area (Å²) in [4.78, 5) is 13.6. The van der Waals surface area contributed by atoms with E-state index < -0.39 is 0 Å². The molecule has 4 heteroatoms. The van der Waals surface area contributed by atoms with Gasteiger partial charge in [0, 0.05) is 25.4 Å². The van der Waals surface area contributed by atoms with Gasteiger partial charge in [0.2, 0.25) is 0 Å². The van der Waals surface area contributed by atoms with E-state index in [0.717, 1.165) is 38.1 Å². The first-order valence-corrected chi connectivity index (χ1v) is 7.81. The first kappa shape index (κ1) is 14.2. The summed E-state index contributed by atoms with van der Waals surface area (Å²) < 4.78 is 11.3. The lowest BCUT2D eigenvalue weighted by Gasteiger charge is -2.39. The van der Waals surface area contributed by atoms with Crippen molar-refractivity contribution < 1.29 is 14.3 Å². The molecule has 1 amide bonds. The average molecular weight is 289 g/mol. The Kier molecular flexibility index (Phi) is 3.79. The van der Waals surface area contributed by atoms with Crippen LogP contribution in [-0.2, 0) is 11.2 Å². The molecule has 1 fully saturated rings. The highest BCUT2D eigenvalue weighted by molar-refractivity contribution is 5.67. The van der Waals surface area contributed by atoms with Gasteiger partial charge in [0.1, 0.15) is 11.4 Å². The fourth-order valence-corrected chi connectivity index (χ4v) is 3.53. The third kappa shape index (κ3) is 2.71. The number of para-hydroxylation sites is 1. The number of nitrogens with zero attached hydrogens (tertiary/aromatic N) is 1. The monoisotopic (exact) mass is 289 g/mol. The molecule has 114 valence electrons. The third-order valence-corrected chi connectivity index (χ3v) is 4.74. The average Bonchev–Trinajstić information content (AvgIpc) is 2.85. The second-order valence-electron chi connectivity index (χ2n) is 6.16. The third-order valence-electron chi connectivity index (χ3n) is 4.74. The highest BCUT2D eigenvalue weighted by Gasteiger charge is 2.43. The molecule has 1 unspecified atom stereocenters. The van der Waals surface area contributed by atoms with Gasteiger partial charge >= 0.3 is 6.09 Å². The van der Waals surface area contributed by atoms with Crippen LogP contribution in [0.15, 0.2) is 24.3 Å². The van der Waals surface area contributed by atoms with Gasteiger partial charge < -0.3 is 14.4 Å². The summed E-state index contributed by atoms with van der Waals surface area (Å²) in [5.74, 6) is 1.50. The van der Waals surface area contributed by atoms with Crippen LogP contribution in [0.2, 0.25) is 0 Å². The maximum atomic E-state index is 11.8. The molecule has 1 aromatic rings. The SMILES string of the molecule is CCOC(=O)N1CCC(C2(C)Cc3ccccc3O2)CC1. The summed E-state index contributed by atoms with van der Waals surface area (Å²) in [6.45, 7) is 6.01. The highest BCUT2D eigenvalue weighted by atomic mass is 16.6. The largest absolute Gasteiger partial charge is 0.487 e. The van der Waals surface area contributed by atoms with E-state index >= 15 is 0 Å². The van der Waals surface area contributed by atoms with E-state index in [-0.39, 0.29) is 11.7 Å². The standard InChI is InChI=1S/C17H23NO3/c1-3-20-16(19)18-10-8-14(9-11-18)17(2)12-13-6-4-5-7-15(13)21-17/h4-7,14H,3,8-12H2,1-2H3. The molecule has 0 aromatic heterocycles. The zero-order valence-corrected chi connectivity index (χ0v) is 12.8. The summed E-state index contributed by atoms with van der Waals surface area (Å²) in [7, 11) is 0. The van der Waals surface area contributed by atoms with Gasteiger partial charge in [0.25, 0.3) is 0 Å². The summed E-state index contributed by atoms with van der Waals surface area (Å²) in [5, 5.41) is 0. The van der Waals surface area contributed by atoms with Crippen molar-refractivity contribution in [3.63, 3.8) is 0 Å². The Labute approximate surface area is 126 Å². The summed E-state index contributed by atoms with van der Waals surface area (Å²) in [6.07, 6.45) is 2.73. The minimum absolute atomic E-state index is 0.134. The number of hydrogen-bond donors (Lipinski definition) is 0. The Balaban J connectivity index is 1.62. The number of amides is 1. The Morgan fingerprint density at radius 3 is 2.76 bits per heavy atom. The van der Waals surface area contributed by atoms with Gasteiger partial charge in [-0.2, -0.15) is 0 Å². The highest BCUT2D eigenvalue weighted by Crippen LogP contribution is 2.42. The van der Waals surface area contributed by atoms with E-state index in [0.29, 0.717) is 12.5 Å². The van der Waals surface area contributed by atoms with Crippen LogP contribution in [0.25, 0.3) is 0 Å². The molecular weight excluding hydrogens is 266 g/mol. The van der Waals surface area contributed by atoms with E-state index in [1.165, 1.54) is 5.56 Å². The van der Waals surface area contributed by atoms with E-state index in [1.807, 2.05) is 24.0 Å². The predicted octanol–water partition coefficient (Wildman–Crippen LogP) is 3.25. The number of ether oxygens (including phenoxy) is 2. The Morgan fingerprint density at radius 1 is 1.38 bits per heavy atom. The molecule has 0 aliphatic carbocycles. The number of piperidine rings is 1. The molecule has 0 saturated carbocycles. The molecule has 2 aliphatic rings. The maximum Gasteiger partial charge on any atom is 0.409 e. The Bertz CT molecular complexity index is 496. The molecular formula is C17H23NO3. The number of fused-ring (bicyclic) bond motifs is 1. The van der Waals surface area contributed by atoms with E-state index in [2.05, 4.69) is 19.1 Å². The molecule has 2 heterocycles. The van der Waals surface area contributed by atoms with Crippen LogP contribution < -0.4 is 4.74 Å². The minimum Gasteiger partial charge on any atom is -0.487 e. The molecule has 1 aromatic carbocycles. The van der Waals surface area contributed by atoms with Crippen LogP contribution in [0.5, 0.6) is 5.75 Å². The van der Waals surface area contributed by atoms with Gasteiger partial charge in [0.05, 0.1) is 6.61 Å². The molecule has 1 atom stereocenters. The zero-order chi connectivity index (χ0) is 14.9. The van der Waals surface area contributed by atoms with Crippen molar-refractivity contribution in [3.05, 3.63) is 29.8 Å². The maximum absolute atomic E-state index is 11.8. The van der Waals surface area contributed by atoms with Crippen molar-refractivity contribution in [2.45, 2.75) is 38.7 Å². The summed E-state index contributed by atoms with van der Waals surface area (Å²) in [6, 6.07) is 8.29. The molecule has 3 rings (SSSR count). The van der Waals surface area contributed by atoms with Crippen LogP contribution in [0, 0.1) is 5.92 Å². The Morgan fingerprint density at radius 2 is 2.10 bits per heavy atom. The molecule has 4 nitrogen and oxygen atoms in total. The van der Waals surface area contributed by atoms with Crippen LogP contribution >= 0.6 is 0 Å². The van der Waals surface area contributed by atoms with Gasteiger partial charge in [-0.25, -0.2) is 4.79 Å². The van der Waals surface area contributed by atoms with E-state index in [1.54, 1.807) is 0 Å². The van der Waals surface area contributed by atoms with Crippen molar-refractivity contribution in [2.75, 3.05) is 19.7 Å². The number of carbonyl (C=O) groups excluding carboxylic acids is 1. The van der Waals surface area contributed by atoms with Crippen LogP contribution in [0.3, 0.4) is 0 Å². The fourth-order valence-electron chi connectivity index (χ4n) is 3.53. The first-order valence-electron chi connectivity index (χ1n) is 7.81. The topological polar surface area (TPSA) is 38.8 Å². The van der Waals surface area contributed by atoms with Gasteiger partial charge in [-0.3, -0.25) is 0 Å². The summed E-state index contributed by atoms with van der Waals surface area (Å²) >= 11 is 0. The molecule has 1 saturated heterocycles. The smallest absolute Gasteiger partial charge is 0.409 e. The predicted molar refractivity (Wildman–Crippen MR) is 80.5 cm³/mol. The lowest BCUT2D eigenvalue weighted by atomic mass is 9.79. The number of likely N-dealkylation sites (tertiary alicyclic amines) is 1. The Hall–Kier alpha value is -1.71. The van der Waals surface area contributed by atoms with E-state index in [9.17, 15) is 4.79 Å². The van der Waals surface area contributed by atoms with Gasteiger partial charge in [-0.1, -0.05) is 18.2 Å².